The number of carbonyl (C=O) groups is 1. The highest BCUT2D eigenvalue weighted by molar-refractivity contribution is 6.01. The maximum absolute atomic E-state index is 13.4. The van der Waals surface area contributed by atoms with Crippen LogP contribution in [0.25, 0.3) is 0 Å². The summed E-state index contributed by atoms with van der Waals surface area (Å²) in [6, 6.07) is 25.2. The molecule has 1 unspecified atom stereocenters. The Labute approximate surface area is 164 Å². The smallest absolute Gasteiger partial charge is 0.234 e. The number of aliphatic hydroxyl groups excluding tert-OH is 1. The predicted molar refractivity (Wildman–Crippen MR) is 109 cm³/mol. The van der Waals surface area contributed by atoms with Crippen molar-refractivity contribution in [3.05, 3.63) is 95.6 Å². The third-order valence-corrected chi connectivity index (χ3v) is 5.51. The number of methoxy groups -OCH3 is 1. The summed E-state index contributed by atoms with van der Waals surface area (Å²) in [5.41, 5.74) is 2.25. The molecule has 0 saturated heterocycles. The molecule has 4 nitrogen and oxygen atoms in total. The van der Waals surface area contributed by atoms with E-state index >= 15 is 0 Å². The molecule has 28 heavy (non-hydrogen) atoms. The van der Waals surface area contributed by atoms with Gasteiger partial charge in [0.1, 0.15) is 5.75 Å². The number of para-hydroxylation sites is 1. The van der Waals surface area contributed by atoms with E-state index in [-0.39, 0.29) is 5.91 Å². The Balaban J connectivity index is 1.83. The van der Waals surface area contributed by atoms with E-state index in [0.717, 1.165) is 11.1 Å². The lowest BCUT2D eigenvalue weighted by atomic mass is 9.67. The summed E-state index contributed by atoms with van der Waals surface area (Å²) in [7, 11) is 1.56. The maximum atomic E-state index is 13.4. The molecule has 1 aliphatic heterocycles. The second-order valence-corrected chi connectivity index (χ2v) is 7.26. The Morgan fingerprint density at radius 3 is 2.00 bits per heavy atom. The van der Waals surface area contributed by atoms with Crippen molar-refractivity contribution in [2.24, 2.45) is 5.41 Å². The molecule has 142 valence electrons. The average molecular weight is 373 g/mol. The summed E-state index contributed by atoms with van der Waals surface area (Å²) >= 11 is 0. The standard InChI is InChI=1S/C24H23NO3/c1-28-20-14-8-13-19-21(20)25-23(27)24(22(19)26,15-17-9-4-2-5-10-17)16-18-11-6-3-7-12-18/h2-14,22,26H,15-16H2,1H3,(H,25,27). The first-order chi connectivity index (χ1) is 13.6. The Hall–Kier alpha value is -3.11. The number of fused-ring (bicyclic) bond motifs is 1. The molecule has 3 aromatic carbocycles. The van der Waals surface area contributed by atoms with E-state index in [1.165, 1.54) is 0 Å². The zero-order chi connectivity index (χ0) is 19.6. The molecule has 1 aliphatic rings. The third-order valence-electron chi connectivity index (χ3n) is 5.51. The molecule has 0 fully saturated rings. The van der Waals surface area contributed by atoms with Crippen LogP contribution in [0.5, 0.6) is 5.75 Å². The molecule has 0 radical (unpaired) electrons. The van der Waals surface area contributed by atoms with E-state index in [9.17, 15) is 9.90 Å². The van der Waals surface area contributed by atoms with E-state index in [4.69, 9.17) is 4.74 Å². The summed E-state index contributed by atoms with van der Waals surface area (Å²) in [6.45, 7) is 0. The Morgan fingerprint density at radius 2 is 1.46 bits per heavy atom. The van der Waals surface area contributed by atoms with Gasteiger partial charge in [-0.25, -0.2) is 0 Å². The molecule has 0 bridgehead atoms. The summed E-state index contributed by atoms with van der Waals surface area (Å²) in [5, 5.41) is 14.5. The SMILES string of the molecule is COc1cccc2c1NC(=O)C(Cc1ccccc1)(Cc1ccccc1)C2O. The van der Waals surface area contributed by atoms with Crippen LogP contribution in [0.4, 0.5) is 5.69 Å². The Kier molecular flexibility index (Phi) is 4.88. The van der Waals surface area contributed by atoms with Crippen LogP contribution in [0.15, 0.2) is 78.9 Å². The third kappa shape index (κ3) is 3.16. The fourth-order valence-electron chi connectivity index (χ4n) is 4.08. The summed E-state index contributed by atoms with van der Waals surface area (Å²) in [4.78, 5) is 13.4. The van der Waals surface area contributed by atoms with Gasteiger partial charge in [0.2, 0.25) is 5.91 Å². The van der Waals surface area contributed by atoms with Crippen molar-refractivity contribution in [1.29, 1.82) is 0 Å². The van der Waals surface area contributed by atoms with E-state index in [1.54, 1.807) is 13.2 Å². The number of hydrogen-bond donors (Lipinski definition) is 2. The van der Waals surface area contributed by atoms with Gasteiger partial charge in [0, 0.05) is 5.56 Å². The molecular formula is C24H23NO3. The van der Waals surface area contributed by atoms with Gasteiger partial charge in [-0.05, 0) is 30.0 Å². The van der Waals surface area contributed by atoms with Crippen LogP contribution < -0.4 is 10.1 Å². The Morgan fingerprint density at radius 1 is 0.893 bits per heavy atom. The van der Waals surface area contributed by atoms with Gasteiger partial charge in [0.05, 0.1) is 24.3 Å². The van der Waals surface area contributed by atoms with Crippen LogP contribution in [-0.4, -0.2) is 18.1 Å². The quantitative estimate of drug-likeness (QED) is 0.706. The fourth-order valence-corrected chi connectivity index (χ4v) is 4.08. The highest BCUT2D eigenvalue weighted by Crippen LogP contribution is 2.49. The van der Waals surface area contributed by atoms with Crippen molar-refractivity contribution in [3.63, 3.8) is 0 Å². The minimum Gasteiger partial charge on any atom is -0.495 e. The van der Waals surface area contributed by atoms with Gasteiger partial charge >= 0.3 is 0 Å². The zero-order valence-electron chi connectivity index (χ0n) is 15.8. The molecule has 0 spiro atoms. The maximum Gasteiger partial charge on any atom is 0.234 e. The monoisotopic (exact) mass is 373 g/mol. The van der Waals surface area contributed by atoms with Gasteiger partial charge in [-0.15, -0.1) is 0 Å². The number of aliphatic hydroxyl groups is 1. The second kappa shape index (κ2) is 7.49. The van der Waals surface area contributed by atoms with Crippen LogP contribution in [0.3, 0.4) is 0 Å². The average Bonchev–Trinajstić information content (AvgIpc) is 2.73. The lowest BCUT2D eigenvalue weighted by molar-refractivity contribution is -0.134. The van der Waals surface area contributed by atoms with Crippen LogP contribution >= 0.6 is 0 Å². The van der Waals surface area contributed by atoms with E-state index in [1.807, 2.05) is 72.8 Å². The van der Waals surface area contributed by atoms with Crippen molar-refractivity contribution < 1.29 is 14.6 Å². The normalized spacial score (nSPS) is 17.5. The minimum absolute atomic E-state index is 0.190. The van der Waals surface area contributed by atoms with Crippen LogP contribution in [-0.2, 0) is 17.6 Å². The summed E-state index contributed by atoms with van der Waals surface area (Å²) in [5.74, 6) is 0.364. The van der Waals surface area contributed by atoms with Crippen molar-refractivity contribution in [2.75, 3.05) is 12.4 Å². The minimum atomic E-state index is -1.01. The van der Waals surface area contributed by atoms with Gasteiger partial charge in [0.25, 0.3) is 0 Å². The van der Waals surface area contributed by atoms with Crippen LogP contribution in [0, 0.1) is 5.41 Å². The first-order valence-corrected chi connectivity index (χ1v) is 9.38. The van der Waals surface area contributed by atoms with Gasteiger partial charge < -0.3 is 15.2 Å². The number of anilines is 1. The first-order valence-electron chi connectivity index (χ1n) is 9.38. The van der Waals surface area contributed by atoms with Crippen molar-refractivity contribution in [3.8, 4) is 5.75 Å². The number of rotatable bonds is 5. The Bertz CT molecular complexity index is 928. The van der Waals surface area contributed by atoms with E-state index in [2.05, 4.69) is 5.32 Å². The van der Waals surface area contributed by atoms with Crippen LogP contribution in [0.2, 0.25) is 0 Å². The van der Waals surface area contributed by atoms with Crippen molar-refractivity contribution >= 4 is 11.6 Å². The number of benzene rings is 3. The number of carbonyl (C=O) groups excluding carboxylic acids is 1. The summed E-state index contributed by atoms with van der Waals surface area (Å²) in [6.07, 6.45) is -0.0783. The van der Waals surface area contributed by atoms with Crippen molar-refractivity contribution in [1.82, 2.24) is 0 Å². The number of hydrogen-bond acceptors (Lipinski definition) is 3. The van der Waals surface area contributed by atoms with Gasteiger partial charge in [-0.3, -0.25) is 4.79 Å². The van der Waals surface area contributed by atoms with Gasteiger partial charge in [-0.2, -0.15) is 0 Å². The molecule has 0 aromatic heterocycles. The molecule has 0 aliphatic carbocycles. The number of nitrogens with one attached hydrogen (secondary N) is 1. The molecule has 4 rings (SSSR count). The molecule has 3 aromatic rings. The van der Waals surface area contributed by atoms with Crippen LogP contribution in [0.1, 0.15) is 22.8 Å². The fraction of sp³-hybridized carbons (Fsp3) is 0.208. The molecule has 1 heterocycles. The lowest BCUT2D eigenvalue weighted by Crippen LogP contribution is -2.48. The second-order valence-electron chi connectivity index (χ2n) is 7.26. The highest BCUT2D eigenvalue weighted by Gasteiger charge is 2.50. The van der Waals surface area contributed by atoms with E-state index < -0.39 is 11.5 Å². The lowest BCUT2D eigenvalue weighted by Gasteiger charge is -2.42. The molecule has 2 N–H and O–H groups in total. The number of ether oxygens (including phenoxy) is 1. The zero-order valence-corrected chi connectivity index (χ0v) is 15.8. The topological polar surface area (TPSA) is 58.6 Å². The predicted octanol–water partition coefficient (Wildman–Crippen LogP) is 4.15. The molecular weight excluding hydrogens is 350 g/mol. The van der Waals surface area contributed by atoms with Gasteiger partial charge in [-0.1, -0.05) is 72.8 Å². The molecule has 4 heteroatoms. The molecule has 0 saturated carbocycles. The first kappa shape index (κ1) is 18.3. The largest absolute Gasteiger partial charge is 0.495 e. The molecule has 1 atom stereocenters. The molecule has 1 amide bonds. The van der Waals surface area contributed by atoms with Gasteiger partial charge in [0.15, 0.2) is 0 Å². The van der Waals surface area contributed by atoms with E-state index in [0.29, 0.717) is 29.8 Å². The highest BCUT2D eigenvalue weighted by atomic mass is 16.5. The number of amides is 1. The summed E-state index contributed by atoms with van der Waals surface area (Å²) < 4.78 is 5.39. The van der Waals surface area contributed by atoms with Crippen molar-refractivity contribution in [2.45, 2.75) is 18.9 Å².